The van der Waals surface area contributed by atoms with E-state index in [1.54, 1.807) is 6.07 Å². The molecule has 0 bridgehead atoms. The first kappa shape index (κ1) is 8.09. The van der Waals surface area contributed by atoms with Crippen molar-refractivity contribution in [2.24, 2.45) is 5.92 Å². The maximum absolute atomic E-state index is 10.8. The molecule has 0 aromatic carbocycles. The van der Waals surface area contributed by atoms with Crippen molar-refractivity contribution in [3.05, 3.63) is 11.3 Å². The van der Waals surface area contributed by atoms with Gasteiger partial charge in [0.15, 0.2) is 5.03 Å². The van der Waals surface area contributed by atoms with Gasteiger partial charge in [-0.25, -0.2) is 0 Å². The third-order valence-corrected chi connectivity index (χ3v) is 1.47. The van der Waals surface area contributed by atoms with Crippen LogP contribution in [-0.4, -0.2) is 5.97 Å². The van der Waals surface area contributed by atoms with Crippen LogP contribution in [0.25, 0.3) is 0 Å². The fraction of sp³-hybridized carbons (Fsp3) is 0.429. The van der Waals surface area contributed by atoms with Crippen molar-refractivity contribution in [1.82, 2.24) is 0 Å². The average molecular weight is 172 g/mol. The number of hydrogen-bond acceptors (Lipinski definition) is 3. The Morgan fingerprint density at radius 1 is 1.73 bits per heavy atom. The minimum Gasteiger partial charge on any atom is -0.432 e. The van der Waals surface area contributed by atoms with Crippen LogP contribution in [0.1, 0.15) is 12.8 Å². The molecule has 0 aliphatic heterocycles. The maximum Gasteiger partial charge on any atom is 0.313 e. The van der Waals surface area contributed by atoms with Gasteiger partial charge in [0.2, 0.25) is 0 Å². The summed E-state index contributed by atoms with van der Waals surface area (Å²) in [5.74, 6) is -0.257. The standard InChI is InChI=1S/C7H6ClNO2/c8-6(3-9)4-11-7(10)5-1-2-5/h4-5H,1-2H2/b6-4-. The van der Waals surface area contributed by atoms with Crippen molar-refractivity contribution in [3.63, 3.8) is 0 Å². The Hall–Kier alpha value is -1.01. The van der Waals surface area contributed by atoms with E-state index in [2.05, 4.69) is 4.74 Å². The molecule has 0 heterocycles. The van der Waals surface area contributed by atoms with E-state index in [0.717, 1.165) is 19.1 Å². The summed E-state index contributed by atoms with van der Waals surface area (Å²) in [6, 6.07) is 1.63. The van der Waals surface area contributed by atoms with Gasteiger partial charge >= 0.3 is 5.97 Å². The predicted octanol–water partition coefficient (Wildman–Crippen LogP) is 1.54. The molecule has 0 aromatic heterocycles. The minimum atomic E-state index is -0.293. The summed E-state index contributed by atoms with van der Waals surface area (Å²) >= 11 is 5.26. The van der Waals surface area contributed by atoms with Crippen LogP contribution in [0.5, 0.6) is 0 Å². The van der Waals surface area contributed by atoms with Crippen molar-refractivity contribution in [2.45, 2.75) is 12.8 Å². The van der Waals surface area contributed by atoms with Crippen LogP contribution in [0, 0.1) is 17.2 Å². The van der Waals surface area contributed by atoms with Gasteiger partial charge in [-0.2, -0.15) is 5.26 Å². The lowest BCUT2D eigenvalue weighted by molar-refractivity contribution is -0.139. The molecule has 1 aliphatic rings. The summed E-state index contributed by atoms with van der Waals surface area (Å²) in [5, 5.41) is 8.05. The van der Waals surface area contributed by atoms with E-state index in [1.165, 1.54) is 0 Å². The molecule has 0 N–H and O–H groups in total. The van der Waals surface area contributed by atoms with E-state index >= 15 is 0 Å². The summed E-state index contributed by atoms with van der Waals surface area (Å²) in [7, 11) is 0. The van der Waals surface area contributed by atoms with Crippen molar-refractivity contribution in [2.75, 3.05) is 0 Å². The van der Waals surface area contributed by atoms with Gasteiger partial charge in [-0.05, 0) is 12.8 Å². The first-order valence-corrected chi connectivity index (χ1v) is 3.58. The number of esters is 1. The lowest BCUT2D eigenvalue weighted by atomic mass is 10.4. The van der Waals surface area contributed by atoms with E-state index in [1.807, 2.05) is 0 Å². The van der Waals surface area contributed by atoms with Crippen molar-refractivity contribution in [3.8, 4) is 6.07 Å². The molecule has 58 valence electrons. The molecule has 0 saturated heterocycles. The van der Waals surface area contributed by atoms with Crippen molar-refractivity contribution in [1.29, 1.82) is 5.26 Å². The molecule has 11 heavy (non-hydrogen) atoms. The Bertz CT molecular complexity index is 237. The zero-order chi connectivity index (χ0) is 8.27. The SMILES string of the molecule is N#C/C(Cl)=C/OC(=O)C1CC1. The molecular formula is C7H6ClNO2. The molecule has 0 radical (unpaired) electrons. The molecule has 1 saturated carbocycles. The molecule has 3 nitrogen and oxygen atoms in total. The normalized spacial score (nSPS) is 17.3. The van der Waals surface area contributed by atoms with Crippen LogP contribution >= 0.6 is 11.6 Å². The number of carbonyl (C=O) groups is 1. The fourth-order valence-electron chi connectivity index (χ4n) is 0.551. The molecule has 1 rings (SSSR count). The Morgan fingerprint density at radius 3 is 2.82 bits per heavy atom. The van der Waals surface area contributed by atoms with Gasteiger partial charge in [0.05, 0.1) is 5.92 Å². The van der Waals surface area contributed by atoms with E-state index in [9.17, 15) is 4.79 Å². The summed E-state index contributed by atoms with van der Waals surface area (Å²) in [6.45, 7) is 0. The number of carbonyl (C=O) groups excluding carboxylic acids is 1. The summed E-state index contributed by atoms with van der Waals surface area (Å²) in [5.41, 5.74) is 0. The highest BCUT2D eigenvalue weighted by Gasteiger charge is 2.30. The Labute approximate surface area is 69.2 Å². The van der Waals surface area contributed by atoms with Gasteiger partial charge in [-0.3, -0.25) is 4.79 Å². The quantitative estimate of drug-likeness (QED) is 0.360. The molecule has 0 unspecified atom stereocenters. The van der Waals surface area contributed by atoms with E-state index < -0.39 is 0 Å². The van der Waals surface area contributed by atoms with Crippen LogP contribution in [-0.2, 0) is 9.53 Å². The van der Waals surface area contributed by atoms with Gasteiger partial charge in [-0.1, -0.05) is 11.6 Å². The second kappa shape index (κ2) is 3.40. The minimum absolute atomic E-state index is 0.0365. The van der Waals surface area contributed by atoms with Crippen LogP contribution in [0.15, 0.2) is 11.3 Å². The number of halogens is 1. The van der Waals surface area contributed by atoms with Gasteiger partial charge < -0.3 is 4.74 Å². The third kappa shape index (κ3) is 2.60. The molecule has 0 atom stereocenters. The monoisotopic (exact) mass is 171 g/mol. The average Bonchev–Trinajstić information content (AvgIpc) is 2.81. The molecule has 1 fully saturated rings. The molecule has 1 aliphatic carbocycles. The third-order valence-electron chi connectivity index (χ3n) is 1.30. The van der Waals surface area contributed by atoms with Crippen molar-refractivity contribution < 1.29 is 9.53 Å². The highest BCUT2D eigenvalue weighted by Crippen LogP contribution is 2.30. The van der Waals surface area contributed by atoms with Gasteiger partial charge in [0, 0.05) is 0 Å². The Kier molecular flexibility index (Phi) is 2.50. The molecular weight excluding hydrogens is 166 g/mol. The Balaban J connectivity index is 2.31. The molecule has 0 aromatic rings. The van der Waals surface area contributed by atoms with Crippen LogP contribution in [0.4, 0.5) is 0 Å². The number of allylic oxidation sites excluding steroid dienone is 1. The summed E-state index contributed by atoms with van der Waals surface area (Å²) < 4.78 is 4.56. The maximum atomic E-state index is 10.8. The molecule has 0 spiro atoms. The smallest absolute Gasteiger partial charge is 0.313 e. The second-order valence-electron chi connectivity index (χ2n) is 2.29. The summed E-state index contributed by atoms with van der Waals surface area (Å²) in [6.07, 6.45) is 2.75. The summed E-state index contributed by atoms with van der Waals surface area (Å²) in [4.78, 5) is 10.8. The van der Waals surface area contributed by atoms with E-state index in [0.29, 0.717) is 0 Å². The number of ether oxygens (including phenoxy) is 1. The second-order valence-corrected chi connectivity index (χ2v) is 2.70. The van der Waals surface area contributed by atoms with Gasteiger partial charge in [-0.15, -0.1) is 0 Å². The highest BCUT2D eigenvalue weighted by molar-refractivity contribution is 6.31. The van der Waals surface area contributed by atoms with E-state index in [-0.39, 0.29) is 16.9 Å². The molecule has 4 heteroatoms. The predicted molar refractivity (Wildman–Crippen MR) is 38.4 cm³/mol. The largest absolute Gasteiger partial charge is 0.432 e. The van der Waals surface area contributed by atoms with E-state index in [4.69, 9.17) is 16.9 Å². The first-order valence-electron chi connectivity index (χ1n) is 3.20. The topological polar surface area (TPSA) is 50.1 Å². The van der Waals surface area contributed by atoms with Crippen LogP contribution in [0.3, 0.4) is 0 Å². The van der Waals surface area contributed by atoms with Crippen molar-refractivity contribution >= 4 is 17.6 Å². The van der Waals surface area contributed by atoms with Crippen LogP contribution < -0.4 is 0 Å². The highest BCUT2D eigenvalue weighted by atomic mass is 35.5. The Morgan fingerprint density at radius 2 is 2.36 bits per heavy atom. The number of rotatable bonds is 2. The first-order chi connectivity index (χ1) is 5.24. The van der Waals surface area contributed by atoms with Gasteiger partial charge in [0.1, 0.15) is 12.3 Å². The van der Waals surface area contributed by atoms with Crippen LogP contribution in [0.2, 0.25) is 0 Å². The lowest BCUT2D eigenvalue weighted by Crippen LogP contribution is -2.01. The number of nitrogens with zero attached hydrogens (tertiary/aromatic N) is 1. The molecule has 0 amide bonds. The number of nitriles is 1. The van der Waals surface area contributed by atoms with Gasteiger partial charge in [0.25, 0.3) is 0 Å². The lowest BCUT2D eigenvalue weighted by Gasteiger charge is -1.93. The zero-order valence-corrected chi connectivity index (χ0v) is 6.47. The fourth-order valence-corrected chi connectivity index (χ4v) is 0.596. The zero-order valence-electron chi connectivity index (χ0n) is 5.71. The number of hydrogen-bond donors (Lipinski definition) is 0.